The predicted molar refractivity (Wildman–Crippen MR) is 503 cm³/mol. The van der Waals surface area contributed by atoms with Crippen LogP contribution in [0.3, 0.4) is 0 Å². The van der Waals surface area contributed by atoms with E-state index in [4.69, 9.17) is 0 Å². The van der Waals surface area contributed by atoms with E-state index in [1.54, 1.807) is 0 Å². The van der Waals surface area contributed by atoms with Gasteiger partial charge in [0.1, 0.15) is 0 Å². The average molecular weight is 1520 g/mol. The minimum Gasteiger partial charge on any atom is -0.311 e. The molecule has 578 valence electrons. The largest absolute Gasteiger partial charge is 0.311 e. The fraction of sp³-hybridized carbons (Fsp3) is 0.250. The van der Waals surface area contributed by atoms with Gasteiger partial charge in [0, 0.05) is 61.4 Å². The van der Waals surface area contributed by atoms with Crippen molar-refractivity contribution in [1.29, 1.82) is 0 Å². The summed E-state index contributed by atoms with van der Waals surface area (Å²) >= 11 is 0. The lowest BCUT2D eigenvalue weighted by Crippen LogP contribution is -2.61. The zero-order valence-corrected chi connectivity index (χ0v) is 71.4. The Kier molecular flexibility index (Phi) is 16.8. The Bertz CT molecular complexity index is 6550. The minimum atomic E-state index is -0.195. The van der Waals surface area contributed by atoms with E-state index in [2.05, 4.69) is 428 Å². The van der Waals surface area contributed by atoms with Crippen LogP contribution >= 0.6 is 0 Å². The summed E-state index contributed by atoms with van der Waals surface area (Å²) < 4.78 is 5.15. The molecule has 0 bridgehead atoms. The van der Waals surface area contributed by atoms with Crippen LogP contribution in [0.1, 0.15) is 182 Å². The highest BCUT2D eigenvalue weighted by atomic mass is 15.2. The van der Waals surface area contributed by atoms with Gasteiger partial charge in [0.25, 0.3) is 6.71 Å². The van der Waals surface area contributed by atoms with Crippen molar-refractivity contribution in [3.8, 4) is 67.0 Å². The maximum Gasteiger partial charge on any atom is 0.252 e. The summed E-state index contributed by atoms with van der Waals surface area (Å²) in [6, 6.07) is 114. The Morgan fingerprint density at radius 3 is 0.966 bits per heavy atom. The summed E-state index contributed by atoms with van der Waals surface area (Å²) in [5.41, 5.74) is 39.6. The summed E-state index contributed by atoms with van der Waals surface area (Å²) in [4.78, 5) is 5.31. The second-order valence-electron chi connectivity index (χ2n) is 40.3. The smallest absolute Gasteiger partial charge is 0.252 e. The molecule has 2 aliphatic heterocycles. The Balaban J connectivity index is 0.883. The maximum absolute atomic E-state index is 2.66. The van der Waals surface area contributed by atoms with Crippen LogP contribution in [0.15, 0.2) is 291 Å². The third-order valence-corrected chi connectivity index (χ3v) is 27.7. The van der Waals surface area contributed by atoms with Gasteiger partial charge < -0.3 is 18.9 Å². The van der Waals surface area contributed by atoms with Crippen molar-refractivity contribution >= 4 is 101 Å². The molecule has 0 saturated heterocycles. The molecule has 4 nitrogen and oxygen atoms in total. The molecule has 16 aromatic rings. The third kappa shape index (κ3) is 12.3. The molecule has 0 fully saturated rings. The van der Waals surface area contributed by atoms with E-state index in [0.29, 0.717) is 0 Å². The highest BCUT2D eigenvalue weighted by molar-refractivity contribution is 7.00. The van der Waals surface area contributed by atoms with Gasteiger partial charge in [-0.2, -0.15) is 0 Å². The summed E-state index contributed by atoms with van der Waals surface area (Å²) in [5.74, 6) is 0. The van der Waals surface area contributed by atoms with Crippen molar-refractivity contribution in [2.45, 2.75) is 181 Å². The number of hydrogen-bond donors (Lipinski definition) is 0. The van der Waals surface area contributed by atoms with Gasteiger partial charge in [0.2, 0.25) is 0 Å². The van der Waals surface area contributed by atoms with E-state index in [9.17, 15) is 0 Å². The van der Waals surface area contributed by atoms with Crippen LogP contribution < -0.4 is 26.2 Å². The lowest BCUT2D eigenvalue weighted by Gasteiger charge is -2.44. The Morgan fingerprint density at radius 1 is 0.239 bits per heavy atom. The Hall–Kier alpha value is -11.7. The fourth-order valence-corrected chi connectivity index (χ4v) is 20.4. The molecule has 2 aliphatic carbocycles. The standard InChI is InChI=1S/C112H107BN4/c1-106(2,3)80-39-28-72(29-40-80)79-36-50-95-101(64-79)114(83-43-30-73(31-44-83)77-34-48-91-93(62-77)111(14,15)58-56-109(91,10)11)103-68-86(117-97-52-37-75(70-24-20-18-21-25-70)60-87(97)88-61-76(38-53-98(88)117)71-26-22-19-23-27-71)69-104-105(103)113(95)96-51-47-85(116-99-54-41-81(107(4,5)6)65-89(99)90-66-82(108(7,8)9)42-55-100(90)116)67-102(96)115(104)84-45-32-74(33-46-84)78-35-49-92-94(63-78)112(16,17)59-57-110(92,12)13/h18-55,60-69H,56-59H2,1-17H3. The maximum atomic E-state index is 2.66. The molecule has 4 heterocycles. The Labute approximate surface area is 693 Å². The van der Waals surface area contributed by atoms with Gasteiger partial charge >= 0.3 is 0 Å². The van der Waals surface area contributed by atoms with E-state index in [1.165, 1.54) is 156 Å². The molecular formula is C112H107BN4. The van der Waals surface area contributed by atoms with Crippen molar-refractivity contribution in [3.05, 3.63) is 330 Å². The Morgan fingerprint density at radius 2 is 0.538 bits per heavy atom. The van der Waals surface area contributed by atoms with E-state index in [0.717, 1.165) is 69.4 Å². The average Bonchev–Trinajstić information content (AvgIpc) is 1.41. The first-order chi connectivity index (χ1) is 55.8. The molecule has 0 atom stereocenters. The van der Waals surface area contributed by atoms with Crippen molar-refractivity contribution < 1.29 is 0 Å². The highest BCUT2D eigenvalue weighted by Gasteiger charge is 2.46. The van der Waals surface area contributed by atoms with Gasteiger partial charge in [0.15, 0.2) is 0 Å². The zero-order valence-electron chi connectivity index (χ0n) is 71.4. The van der Waals surface area contributed by atoms with Crippen LogP contribution in [-0.4, -0.2) is 15.8 Å². The van der Waals surface area contributed by atoms with E-state index >= 15 is 0 Å². The third-order valence-electron chi connectivity index (χ3n) is 27.7. The second-order valence-corrected chi connectivity index (χ2v) is 40.3. The molecule has 20 rings (SSSR count). The van der Waals surface area contributed by atoms with Crippen molar-refractivity contribution in [2.75, 3.05) is 9.80 Å². The molecule has 14 aromatic carbocycles. The summed E-state index contributed by atoms with van der Waals surface area (Å²) in [5, 5.41) is 4.95. The molecule has 0 saturated carbocycles. The SMILES string of the molecule is CC(C)(C)c1ccc(-c2ccc3c(c2)N(c2ccc(-c4ccc5c(c4)C(C)(C)CCC5(C)C)cc2)c2cc(-n4c5ccc(-c6ccccc6)cc5c5cc(-c6ccccc6)ccc54)cc4c2B3c2ccc(-n3c5ccc(C(C)(C)C)cc5c5cc(C(C)(C)C)ccc53)cc2N4c2ccc(-c3ccc4c(c3)C(C)(C)CCC4(C)C)cc2)cc1. The predicted octanol–water partition coefficient (Wildman–Crippen LogP) is 28.9. The normalized spacial score (nSPS) is 15.8. The summed E-state index contributed by atoms with van der Waals surface area (Å²) in [7, 11) is 0. The molecule has 0 N–H and O–H groups in total. The second kappa shape index (κ2) is 26.4. The lowest BCUT2D eigenvalue weighted by atomic mass is 9.33. The fourth-order valence-electron chi connectivity index (χ4n) is 20.4. The van der Waals surface area contributed by atoms with E-state index < -0.39 is 0 Å². The van der Waals surface area contributed by atoms with Crippen LogP contribution in [0, 0.1) is 0 Å². The minimum absolute atomic E-state index is 0.000894. The van der Waals surface area contributed by atoms with Gasteiger partial charge in [-0.05, 0) is 278 Å². The number of hydrogen-bond acceptors (Lipinski definition) is 2. The molecule has 0 unspecified atom stereocenters. The van der Waals surface area contributed by atoms with Crippen LogP contribution in [0.5, 0.6) is 0 Å². The van der Waals surface area contributed by atoms with Gasteiger partial charge in [-0.1, -0.05) is 306 Å². The number of fused-ring (bicyclic) bond motifs is 12. The van der Waals surface area contributed by atoms with Crippen molar-refractivity contribution in [2.24, 2.45) is 0 Å². The monoisotopic (exact) mass is 1520 g/mol. The number of rotatable bonds is 9. The van der Waals surface area contributed by atoms with Gasteiger partial charge in [-0.25, -0.2) is 0 Å². The number of benzene rings is 14. The van der Waals surface area contributed by atoms with Crippen LogP contribution in [-0.2, 0) is 37.9 Å². The highest BCUT2D eigenvalue weighted by Crippen LogP contribution is 2.53. The first-order valence-electron chi connectivity index (χ1n) is 42.8. The lowest BCUT2D eigenvalue weighted by molar-refractivity contribution is 0.332. The van der Waals surface area contributed by atoms with Gasteiger partial charge in [-0.15, -0.1) is 0 Å². The van der Waals surface area contributed by atoms with Gasteiger partial charge in [-0.3, -0.25) is 0 Å². The van der Waals surface area contributed by atoms with Crippen LogP contribution in [0.25, 0.3) is 111 Å². The topological polar surface area (TPSA) is 16.3 Å². The van der Waals surface area contributed by atoms with E-state index in [1.807, 2.05) is 0 Å². The first kappa shape index (κ1) is 74.2. The number of anilines is 6. The van der Waals surface area contributed by atoms with Gasteiger partial charge in [0.05, 0.1) is 27.8 Å². The summed E-state index contributed by atoms with van der Waals surface area (Å²) in [6.07, 6.45) is 4.67. The quantitative estimate of drug-likeness (QED) is 0.134. The molecule has 4 aliphatic rings. The molecule has 0 radical (unpaired) electrons. The molecule has 0 amide bonds. The molecule has 117 heavy (non-hydrogen) atoms. The molecule has 2 aromatic heterocycles. The zero-order chi connectivity index (χ0) is 80.9. The molecule has 0 spiro atoms. The molecule has 5 heteroatoms. The summed E-state index contributed by atoms with van der Waals surface area (Å²) in [6.45, 7) is 40.3. The van der Waals surface area contributed by atoms with Crippen molar-refractivity contribution in [1.82, 2.24) is 9.13 Å². The number of nitrogens with zero attached hydrogens (tertiary/aromatic N) is 4. The van der Waals surface area contributed by atoms with Crippen LogP contribution in [0.4, 0.5) is 34.1 Å². The first-order valence-corrected chi connectivity index (χ1v) is 42.8. The molecular weight excluding hydrogens is 1410 g/mol. The number of aromatic nitrogens is 2. The van der Waals surface area contributed by atoms with Crippen LogP contribution in [0.2, 0.25) is 0 Å². The van der Waals surface area contributed by atoms with Crippen molar-refractivity contribution in [3.63, 3.8) is 0 Å². The van der Waals surface area contributed by atoms with E-state index in [-0.39, 0.29) is 44.6 Å².